The molecule has 5 nitrogen and oxygen atoms in total. The van der Waals surface area contributed by atoms with E-state index in [1.807, 2.05) is 29.2 Å². The Morgan fingerprint density at radius 1 is 1.25 bits per heavy atom. The molecule has 2 heterocycles. The van der Waals surface area contributed by atoms with Crippen LogP contribution in [0.3, 0.4) is 0 Å². The van der Waals surface area contributed by atoms with Crippen LogP contribution in [0.2, 0.25) is 0 Å². The summed E-state index contributed by atoms with van der Waals surface area (Å²) < 4.78 is 41.6. The molecule has 0 atom stereocenters. The highest BCUT2D eigenvalue weighted by Crippen LogP contribution is 2.24. The average Bonchev–Trinajstić information content (AvgIpc) is 3.08. The van der Waals surface area contributed by atoms with Crippen molar-refractivity contribution < 1.29 is 17.7 Å². The van der Waals surface area contributed by atoms with Crippen LogP contribution in [0.1, 0.15) is 19.3 Å². The summed E-state index contributed by atoms with van der Waals surface area (Å²) in [6.45, 7) is 1.44. The van der Waals surface area contributed by atoms with E-state index in [9.17, 15) is 13.2 Å². The molecule has 0 aliphatic carbocycles. The van der Waals surface area contributed by atoms with Gasteiger partial charge < -0.3 is 14.7 Å². The molecule has 1 fully saturated rings. The standard InChI is InChI=1S/C16H19F3N4O/c17-16(18,19)6-9-23-7-4-13(5-8-23)21-14-3-1-2-12(10-14)15-20-11-24-22-15/h1-3,10-11,13,21H,4-9H2. The van der Waals surface area contributed by atoms with Crippen molar-refractivity contribution >= 4 is 5.69 Å². The van der Waals surface area contributed by atoms with E-state index < -0.39 is 12.6 Å². The van der Waals surface area contributed by atoms with Crippen molar-refractivity contribution in [3.8, 4) is 11.4 Å². The fourth-order valence-corrected chi connectivity index (χ4v) is 2.87. The van der Waals surface area contributed by atoms with Crippen LogP contribution in [-0.2, 0) is 0 Å². The van der Waals surface area contributed by atoms with Crippen molar-refractivity contribution in [2.24, 2.45) is 0 Å². The Balaban J connectivity index is 1.50. The molecule has 0 spiro atoms. The summed E-state index contributed by atoms with van der Waals surface area (Å²) in [5, 5.41) is 7.25. The fourth-order valence-electron chi connectivity index (χ4n) is 2.87. The van der Waals surface area contributed by atoms with Gasteiger partial charge >= 0.3 is 6.18 Å². The number of aromatic nitrogens is 2. The Morgan fingerprint density at radius 3 is 2.71 bits per heavy atom. The van der Waals surface area contributed by atoms with Gasteiger partial charge in [-0.05, 0) is 25.0 Å². The largest absolute Gasteiger partial charge is 0.390 e. The lowest BCUT2D eigenvalue weighted by Crippen LogP contribution is -2.40. The van der Waals surface area contributed by atoms with E-state index in [0.29, 0.717) is 18.9 Å². The number of likely N-dealkylation sites (tertiary alicyclic amines) is 1. The number of alkyl halides is 3. The van der Waals surface area contributed by atoms with Crippen LogP contribution in [0.15, 0.2) is 35.2 Å². The molecule has 0 unspecified atom stereocenters. The lowest BCUT2D eigenvalue weighted by atomic mass is 10.0. The molecular weight excluding hydrogens is 321 g/mol. The Hall–Kier alpha value is -2.09. The summed E-state index contributed by atoms with van der Waals surface area (Å²) in [6, 6.07) is 7.97. The van der Waals surface area contributed by atoms with Gasteiger partial charge in [0.2, 0.25) is 12.2 Å². The molecule has 2 aromatic rings. The first kappa shape index (κ1) is 16.8. The van der Waals surface area contributed by atoms with E-state index in [2.05, 4.69) is 15.5 Å². The maximum atomic E-state index is 12.3. The highest BCUT2D eigenvalue weighted by molar-refractivity contribution is 5.62. The van der Waals surface area contributed by atoms with E-state index in [0.717, 1.165) is 24.1 Å². The predicted octanol–water partition coefficient (Wildman–Crippen LogP) is 3.57. The zero-order valence-corrected chi connectivity index (χ0v) is 13.1. The quantitative estimate of drug-likeness (QED) is 0.902. The molecule has 24 heavy (non-hydrogen) atoms. The van der Waals surface area contributed by atoms with Gasteiger partial charge in [0.25, 0.3) is 0 Å². The van der Waals surface area contributed by atoms with Crippen molar-refractivity contribution in [1.82, 2.24) is 15.0 Å². The van der Waals surface area contributed by atoms with E-state index in [1.54, 1.807) is 0 Å². The van der Waals surface area contributed by atoms with Gasteiger partial charge in [-0.1, -0.05) is 17.3 Å². The molecule has 1 N–H and O–H groups in total. The number of hydrogen-bond acceptors (Lipinski definition) is 5. The van der Waals surface area contributed by atoms with Crippen LogP contribution in [0.4, 0.5) is 18.9 Å². The molecular formula is C16H19F3N4O. The number of piperidine rings is 1. The van der Waals surface area contributed by atoms with Gasteiger partial charge in [0, 0.05) is 36.9 Å². The molecule has 1 saturated heterocycles. The monoisotopic (exact) mass is 340 g/mol. The lowest BCUT2D eigenvalue weighted by molar-refractivity contribution is -0.138. The zero-order chi connectivity index (χ0) is 17.0. The van der Waals surface area contributed by atoms with Gasteiger partial charge in [-0.15, -0.1) is 0 Å². The Bertz CT molecular complexity index is 637. The summed E-state index contributed by atoms with van der Waals surface area (Å²) >= 11 is 0. The highest BCUT2D eigenvalue weighted by Gasteiger charge is 2.29. The second-order valence-electron chi connectivity index (χ2n) is 5.96. The van der Waals surface area contributed by atoms with Gasteiger partial charge in [0.15, 0.2) is 0 Å². The van der Waals surface area contributed by atoms with Gasteiger partial charge in [-0.3, -0.25) is 0 Å². The van der Waals surface area contributed by atoms with Gasteiger partial charge in [-0.25, -0.2) is 0 Å². The maximum Gasteiger partial charge on any atom is 0.390 e. The second kappa shape index (κ2) is 7.21. The zero-order valence-electron chi connectivity index (χ0n) is 13.1. The van der Waals surface area contributed by atoms with E-state index in [-0.39, 0.29) is 12.6 Å². The van der Waals surface area contributed by atoms with Crippen LogP contribution in [-0.4, -0.2) is 46.9 Å². The first-order valence-electron chi connectivity index (χ1n) is 7.92. The fraction of sp³-hybridized carbons (Fsp3) is 0.500. The normalized spacial score (nSPS) is 17.1. The van der Waals surface area contributed by atoms with E-state index in [1.165, 1.54) is 6.39 Å². The Labute approximate surface area is 137 Å². The van der Waals surface area contributed by atoms with Crippen molar-refractivity contribution in [3.63, 3.8) is 0 Å². The molecule has 3 rings (SSSR count). The molecule has 130 valence electrons. The minimum atomic E-state index is -4.08. The third-order valence-corrected chi connectivity index (χ3v) is 4.15. The summed E-state index contributed by atoms with van der Waals surface area (Å²) in [6.07, 6.45) is -1.89. The SMILES string of the molecule is FC(F)(F)CCN1CCC(Nc2cccc(-c3ncon3)c2)CC1. The molecule has 1 aromatic heterocycles. The predicted molar refractivity (Wildman–Crippen MR) is 83.5 cm³/mol. The van der Waals surface area contributed by atoms with Crippen LogP contribution in [0, 0.1) is 0 Å². The third-order valence-electron chi connectivity index (χ3n) is 4.15. The second-order valence-corrected chi connectivity index (χ2v) is 5.96. The molecule has 0 saturated carbocycles. The number of benzene rings is 1. The van der Waals surface area contributed by atoms with Crippen molar-refractivity contribution in [2.75, 3.05) is 25.0 Å². The van der Waals surface area contributed by atoms with Crippen LogP contribution < -0.4 is 5.32 Å². The van der Waals surface area contributed by atoms with Crippen LogP contribution in [0.25, 0.3) is 11.4 Å². The Kier molecular flexibility index (Phi) is 5.03. The summed E-state index contributed by atoms with van der Waals surface area (Å²) in [7, 11) is 0. The number of nitrogens with one attached hydrogen (secondary N) is 1. The number of hydrogen-bond donors (Lipinski definition) is 1. The number of rotatable bonds is 5. The van der Waals surface area contributed by atoms with Crippen molar-refractivity contribution in [2.45, 2.75) is 31.5 Å². The molecule has 0 bridgehead atoms. The van der Waals surface area contributed by atoms with Crippen LogP contribution in [0.5, 0.6) is 0 Å². The summed E-state index contributed by atoms with van der Waals surface area (Å²) in [5.74, 6) is 0.528. The van der Waals surface area contributed by atoms with E-state index >= 15 is 0 Å². The number of anilines is 1. The summed E-state index contributed by atoms with van der Waals surface area (Å²) in [5.41, 5.74) is 1.81. The minimum absolute atomic E-state index is 0.0868. The van der Waals surface area contributed by atoms with Gasteiger partial charge in [0.1, 0.15) is 0 Å². The number of nitrogens with zero attached hydrogens (tertiary/aromatic N) is 3. The smallest absolute Gasteiger partial charge is 0.382 e. The Morgan fingerprint density at radius 2 is 2.04 bits per heavy atom. The molecule has 1 aliphatic heterocycles. The summed E-state index contributed by atoms with van der Waals surface area (Å²) in [4.78, 5) is 5.90. The minimum Gasteiger partial charge on any atom is -0.382 e. The van der Waals surface area contributed by atoms with Gasteiger partial charge in [-0.2, -0.15) is 18.2 Å². The first-order valence-corrected chi connectivity index (χ1v) is 7.92. The third kappa shape index (κ3) is 4.70. The molecule has 1 aliphatic rings. The molecule has 8 heteroatoms. The maximum absolute atomic E-state index is 12.3. The van der Waals surface area contributed by atoms with E-state index in [4.69, 9.17) is 4.52 Å². The molecule has 0 radical (unpaired) electrons. The topological polar surface area (TPSA) is 54.2 Å². The average molecular weight is 340 g/mol. The lowest BCUT2D eigenvalue weighted by Gasteiger charge is -2.33. The van der Waals surface area contributed by atoms with Crippen LogP contribution >= 0.6 is 0 Å². The van der Waals surface area contributed by atoms with Gasteiger partial charge in [0.05, 0.1) is 6.42 Å². The first-order chi connectivity index (χ1) is 11.5. The molecule has 1 aromatic carbocycles. The number of halogens is 3. The molecule has 0 amide bonds. The van der Waals surface area contributed by atoms with Crippen molar-refractivity contribution in [1.29, 1.82) is 0 Å². The van der Waals surface area contributed by atoms with Crippen molar-refractivity contribution in [3.05, 3.63) is 30.7 Å². The highest BCUT2D eigenvalue weighted by atomic mass is 19.4.